The molecule has 1 heterocycles. The fourth-order valence-electron chi connectivity index (χ4n) is 3.10. The number of hydrogen-bond donors (Lipinski definition) is 1. The van der Waals surface area contributed by atoms with Gasteiger partial charge in [-0.15, -0.1) is 0 Å². The number of aliphatic hydroxyl groups is 1. The summed E-state index contributed by atoms with van der Waals surface area (Å²) in [6.07, 6.45) is 6.80. The minimum Gasteiger partial charge on any atom is -0.390 e. The molecule has 1 saturated carbocycles. The van der Waals surface area contributed by atoms with Crippen LogP contribution in [0.4, 0.5) is 0 Å². The molecule has 1 aliphatic carbocycles. The van der Waals surface area contributed by atoms with Crippen molar-refractivity contribution in [2.24, 2.45) is 11.3 Å². The molecule has 0 bridgehead atoms. The second-order valence-corrected chi connectivity index (χ2v) is 5.87. The highest BCUT2D eigenvalue weighted by atomic mass is 16.5. The lowest BCUT2D eigenvalue weighted by atomic mass is 9.63. The van der Waals surface area contributed by atoms with Crippen molar-refractivity contribution in [3.63, 3.8) is 0 Å². The molecule has 0 aromatic carbocycles. The Morgan fingerprint density at radius 3 is 1.93 bits per heavy atom. The summed E-state index contributed by atoms with van der Waals surface area (Å²) in [5.41, 5.74) is 0.128. The quantitative estimate of drug-likeness (QED) is 0.724. The van der Waals surface area contributed by atoms with Crippen molar-refractivity contribution < 1.29 is 9.84 Å². The van der Waals surface area contributed by atoms with E-state index in [1.165, 1.54) is 25.7 Å². The summed E-state index contributed by atoms with van der Waals surface area (Å²) >= 11 is 0. The first kappa shape index (κ1) is 11.4. The van der Waals surface area contributed by atoms with Crippen LogP contribution in [-0.4, -0.2) is 23.9 Å². The Morgan fingerprint density at radius 1 is 0.933 bits per heavy atom. The van der Waals surface area contributed by atoms with Gasteiger partial charge in [-0.05, 0) is 49.9 Å². The monoisotopic (exact) mass is 212 g/mol. The lowest BCUT2D eigenvalue weighted by molar-refractivity contribution is -0.0925. The van der Waals surface area contributed by atoms with Crippen molar-refractivity contribution in [3.8, 4) is 0 Å². The summed E-state index contributed by atoms with van der Waals surface area (Å²) in [6.45, 7) is 6.14. The molecule has 2 fully saturated rings. The standard InChI is InChI=1S/C13H24O2/c1-11(2)13(14)5-3-12(4-6-13)7-9-15-10-8-12/h11,14H,3-10H2,1-2H3. The van der Waals surface area contributed by atoms with E-state index in [9.17, 15) is 5.11 Å². The normalized spacial score (nSPS) is 29.6. The SMILES string of the molecule is CC(C)C1(O)CCC2(CCOCC2)CC1. The highest BCUT2D eigenvalue weighted by Crippen LogP contribution is 2.48. The van der Waals surface area contributed by atoms with Crippen molar-refractivity contribution in [2.45, 2.75) is 58.0 Å². The molecule has 1 spiro atoms. The third-order valence-electron chi connectivity index (χ3n) is 4.80. The Hall–Kier alpha value is -0.0800. The van der Waals surface area contributed by atoms with Gasteiger partial charge in [-0.25, -0.2) is 0 Å². The molecule has 2 aliphatic rings. The predicted molar refractivity (Wildman–Crippen MR) is 60.7 cm³/mol. The first-order chi connectivity index (χ1) is 7.06. The minimum atomic E-state index is -0.385. The van der Waals surface area contributed by atoms with Crippen molar-refractivity contribution in [1.29, 1.82) is 0 Å². The second-order valence-electron chi connectivity index (χ2n) is 5.87. The summed E-state index contributed by atoms with van der Waals surface area (Å²) in [7, 11) is 0. The maximum atomic E-state index is 10.4. The van der Waals surface area contributed by atoms with E-state index >= 15 is 0 Å². The fourth-order valence-corrected chi connectivity index (χ4v) is 3.10. The first-order valence-electron chi connectivity index (χ1n) is 6.37. The van der Waals surface area contributed by atoms with Gasteiger partial charge in [-0.1, -0.05) is 13.8 Å². The molecule has 0 atom stereocenters. The predicted octanol–water partition coefficient (Wildman–Crippen LogP) is 2.74. The van der Waals surface area contributed by atoms with Crippen LogP contribution < -0.4 is 0 Å². The van der Waals surface area contributed by atoms with E-state index in [1.807, 2.05) is 0 Å². The molecule has 15 heavy (non-hydrogen) atoms. The number of hydrogen-bond acceptors (Lipinski definition) is 2. The third kappa shape index (κ3) is 2.21. The smallest absolute Gasteiger partial charge is 0.0671 e. The minimum absolute atomic E-state index is 0.385. The Labute approximate surface area is 93.0 Å². The molecule has 0 aromatic heterocycles. The first-order valence-corrected chi connectivity index (χ1v) is 6.37. The van der Waals surface area contributed by atoms with E-state index in [0.717, 1.165) is 26.1 Å². The molecule has 0 aromatic rings. The molecule has 2 nitrogen and oxygen atoms in total. The largest absolute Gasteiger partial charge is 0.390 e. The van der Waals surface area contributed by atoms with Gasteiger partial charge >= 0.3 is 0 Å². The molecule has 2 heteroatoms. The van der Waals surface area contributed by atoms with Crippen LogP contribution in [0.3, 0.4) is 0 Å². The van der Waals surface area contributed by atoms with Gasteiger partial charge < -0.3 is 9.84 Å². The molecule has 0 radical (unpaired) electrons. The van der Waals surface area contributed by atoms with Gasteiger partial charge in [-0.3, -0.25) is 0 Å². The van der Waals surface area contributed by atoms with Crippen LogP contribution >= 0.6 is 0 Å². The highest BCUT2D eigenvalue weighted by molar-refractivity contribution is 4.95. The topological polar surface area (TPSA) is 29.5 Å². The lowest BCUT2D eigenvalue weighted by Crippen LogP contribution is -2.44. The van der Waals surface area contributed by atoms with Crippen LogP contribution in [-0.2, 0) is 4.74 Å². The van der Waals surface area contributed by atoms with E-state index in [1.54, 1.807) is 0 Å². The highest BCUT2D eigenvalue weighted by Gasteiger charge is 2.43. The van der Waals surface area contributed by atoms with E-state index < -0.39 is 0 Å². The zero-order chi connectivity index (χ0) is 10.9. The van der Waals surface area contributed by atoms with Crippen LogP contribution in [0.1, 0.15) is 52.4 Å². The van der Waals surface area contributed by atoms with Gasteiger partial charge in [0.15, 0.2) is 0 Å². The third-order valence-corrected chi connectivity index (χ3v) is 4.80. The fraction of sp³-hybridized carbons (Fsp3) is 1.00. The summed E-state index contributed by atoms with van der Waals surface area (Å²) in [5.74, 6) is 0.398. The Balaban J connectivity index is 1.96. The lowest BCUT2D eigenvalue weighted by Gasteiger charge is -2.47. The van der Waals surface area contributed by atoms with Gasteiger partial charge in [0.1, 0.15) is 0 Å². The van der Waals surface area contributed by atoms with Gasteiger partial charge in [0.25, 0.3) is 0 Å². The molecule has 0 unspecified atom stereocenters. The maximum Gasteiger partial charge on any atom is 0.0671 e. The van der Waals surface area contributed by atoms with Crippen LogP contribution in [0.5, 0.6) is 0 Å². The number of ether oxygens (including phenoxy) is 1. The molecular weight excluding hydrogens is 188 g/mol. The van der Waals surface area contributed by atoms with Crippen molar-refractivity contribution in [1.82, 2.24) is 0 Å². The van der Waals surface area contributed by atoms with Crippen LogP contribution in [0, 0.1) is 11.3 Å². The average molecular weight is 212 g/mol. The Morgan fingerprint density at radius 2 is 1.47 bits per heavy atom. The molecule has 1 saturated heterocycles. The van der Waals surface area contributed by atoms with E-state index in [0.29, 0.717) is 11.3 Å². The van der Waals surface area contributed by atoms with Gasteiger partial charge in [0.05, 0.1) is 5.60 Å². The van der Waals surface area contributed by atoms with E-state index in [4.69, 9.17) is 4.74 Å². The van der Waals surface area contributed by atoms with Crippen molar-refractivity contribution in [3.05, 3.63) is 0 Å². The van der Waals surface area contributed by atoms with Crippen molar-refractivity contribution in [2.75, 3.05) is 13.2 Å². The van der Waals surface area contributed by atoms with Crippen LogP contribution in [0.2, 0.25) is 0 Å². The van der Waals surface area contributed by atoms with Gasteiger partial charge in [-0.2, -0.15) is 0 Å². The molecule has 88 valence electrons. The molecule has 1 aliphatic heterocycles. The summed E-state index contributed by atoms with van der Waals surface area (Å²) < 4.78 is 5.43. The average Bonchev–Trinajstić information content (AvgIpc) is 2.24. The zero-order valence-corrected chi connectivity index (χ0v) is 10.1. The summed E-state index contributed by atoms with van der Waals surface area (Å²) in [6, 6.07) is 0. The van der Waals surface area contributed by atoms with E-state index in [2.05, 4.69) is 13.8 Å². The number of rotatable bonds is 1. The maximum absolute atomic E-state index is 10.4. The van der Waals surface area contributed by atoms with Crippen LogP contribution in [0.25, 0.3) is 0 Å². The molecule has 1 N–H and O–H groups in total. The second kappa shape index (κ2) is 4.06. The zero-order valence-electron chi connectivity index (χ0n) is 10.1. The molecule has 2 rings (SSSR count). The Kier molecular flexibility index (Phi) is 3.09. The van der Waals surface area contributed by atoms with Crippen molar-refractivity contribution >= 4 is 0 Å². The summed E-state index contributed by atoms with van der Waals surface area (Å²) in [4.78, 5) is 0. The van der Waals surface area contributed by atoms with Gasteiger partial charge in [0, 0.05) is 13.2 Å². The Bertz CT molecular complexity index is 207. The van der Waals surface area contributed by atoms with Crippen LogP contribution in [0.15, 0.2) is 0 Å². The molecular formula is C13H24O2. The summed E-state index contributed by atoms with van der Waals surface area (Å²) in [5, 5.41) is 10.4. The van der Waals surface area contributed by atoms with E-state index in [-0.39, 0.29) is 5.60 Å². The van der Waals surface area contributed by atoms with Gasteiger partial charge in [0.2, 0.25) is 0 Å². The molecule has 0 amide bonds.